The minimum absolute atomic E-state index is 0.626. The van der Waals surface area contributed by atoms with E-state index in [2.05, 4.69) is 5.32 Å². The number of rotatable bonds is 2. The highest BCUT2D eigenvalue weighted by Gasteiger charge is 2.42. The number of carboxylic acids is 1. The summed E-state index contributed by atoms with van der Waals surface area (Å²) in [6.45, 7) is 0. The number of fused-ring (bicyclic) bond motifs is 1. The number of nitrogens with one attached hydrogen (secondary N) is 1. The van der Waals surface area contributed by atoms with E-state index >= 15 is 0 Å². The Hall–Kier alpha value is -1.00. The van der Waals surface area contributed by atoms with Crippen LogP contribution in [0.5, 0.6) is 0 Å². The van der Waals surface area contributed by atoms with Gasteiger partial charge in [0.1, 0.15) is 5.54 Å². The predicted octanol–water partition coefficient (Wildman–Crippen LogP) is 1.68. The molecule has 2 rings (SSSR count). The molecule has 3 nitrogen and oxygen atoms in total. The second kappa shape index (κ2) is 3.87. The summed E-state index contributed by atoms with van der Waals surface area (Å²) in [5.74, 6) is 0.0437. The van der Waals surface area contributed by atoms with Crippen molar-refractivity contribution in [3.63, 3.8) is 0 Å². The van der Waals surface area contributed by atoms with Crippen LogP contribution in [0.4, 0.5) is 0 Å². The van der Waals surface area contributed by atoms with Crippen molar-refractivity contribution in [2.45, 2.75) is 16.9 Å². The molecule has 0 bridgehead atoms. The quantitative estimate of drug-likeness (QED) is 0.801. The Morgan fingerprint density at radius 2 is 2.27 bits per heavy atom. The largest absolute Gasteiger partial charge is 0.480 e. The summed E-state index contributed by atoms with van der Waals surface area (Å²) in [4.78, 5) is 12.5. The zero-order valence-electron chi connectivity index (χ0n) is 8.49. The van der Waals surface area contributed by atoms with Gasteiger partial charge in [0.2, 0.25) is 0 Å². The van der Waals surface area contributed by atoms with Gasteiger partial charge in [0.15, 0.2) is 0 Å². The maximum Gasteiger partial charge on any atom is 0.328 e. The fraction of sp³-hybridized carbons (Fsp3) is 0.364. The van der Waals surface area contributed by atoms with Gasteiger partial charge in [-0.3, -0.25) is 0 Å². The van der Waals surface area contributed by atoms with Crippen molar-refractivity contribution in [1.82, 2.24) is 5.32 Å². The van der Waals surface area contributed by atoms with E-state index in [1.165, 1.54) is 0 Å². The lowest BCUT2D eigenvalue weighted by molar-refractivity contribution is -0.145. The summed E-state index contributed by atoms with van der Waals surface area (Å²) >= 11 is 1.72. The monoisotopic (exact) mass is 223 g/mol. The first-order valence-corrected chi connectivity index (χ1v) is 5.84. The topological polar surface area (TPSA) is 49.3 Å². The Labute approximate surface area is 92.9 Å². The highest BCUT2D eigenvalue weighted by molar-refractivity contribution is 7.99. The van der Waals surface area contributed by atoms with Gasteiger partial charge in [-0.1, -0.05) is 18.2 Å². The van der Waals surface area contributed by atoms with Crippen LogP contribution in [0.1, 0.15) is 12.0 Å². The molecule has 2 N–H and O–H groups in total. The molecule has 0 saturated carbocycles. The summed E-state index contributed by atoms with van der Waals surface area (Å²) in [5, 5.41) is 12.3. The van der Waals surface area contributed by atoms with E-state index in [0.29, 0.717) is 6.42 Å². The molecular formula is C11H13NO2S. The van der Waals surface area contributed by atoms with Gasteiger partial charge in [0.05, 0.1) is 0 Å². The fourth-order valence-corrected chi connectivity index (χ4v) is 3.18. The number of carboxylic acid groups (broad SMARTS) is 1. The number of hydrogen-bond donors (Lipinski definition) is 2. The molecule has 1 aliphatic heterocycles. The van der Waals surface area contributed by atoms with Crippen molar-refractivity contribution >= 4 is 17.7 Å². The average Bonchev–Trinajstić information content (AvgIpc) is 2.28. The molecule has 1 atom stereocenters. The van der Waals surface area contributed by atoms with E-state index in [-0.39, 0.29) is 0 Å². The second-order valence-corrected chi connectivity index (χ2v) is 4.69. The van der Waals surface area contributed by atoms with Crippen LogP contribution >= 0.6 is 11.8 Å². The first-order valence-electron chi connectivity index (χ1n) is 4.85. The van der Waals surface area contributed by atoms with E-state index in [4.69, 9.17) is 0 Å². The third-order valence-electron chi connectivity index (χ3n) is 2.87. The lowest BCUT2D eigenvalue weighted by Gasteiger charge is -2.34. The molecule has 80 valence electrons. The van der Waals surface area contributed by atoms with Crippen LogP contribution in [-0.4, -0.2) is 23.9 Å². The van der Waals surface area contributed by atoms with E-state index in [0.717, 1.165) is 16.2 Å². The zero-order chi connectivity index (χ0) is 10.9. The van der Waals surface area contributed by atoms with Gasteiger partial charge in [-0.05, 0) is 25.1 Å². The van der Waals surface area contributed by atoms with Gasteiger partial charge in [-0.2, -0.15) is 0 Å². The molecule has 1 heterocycles. The minimum atomic E-state index is -0.901. The third kappa shape index (κ3) is 1.54. The van der Waals surface area contributed by atoms with Crippen molar-refractivity contribution in [3.05, 3.63) is 29.8 Å². The number of thioether (sulfide) groups is 1. The molecule has 0 fully saturated rings. The number of hydrogen-bond acceptors (Lipinski definition) is 3. The molecule has 4 heteroatoms. The van der Waals surface area contributed by atoms with Crippen molar-refractivity contribution in [2.75, 3.05) is 12.8 Å². The molecular weight excluding hydrogens is 210 g/mol. The van der Waals surface area contributed by atoms with Crippen LogP contribution in [0.3, 0.4) is 0 Å². The molecule has 1 aromatic rings. The molecule has 0 aliphatic carbocycles. The van der Waals surface area contributed by atoms with Gasteiger partial charge >= 0.3 is 5.97 Å². The van der Waals surface area contributed by atoms with E-state index in [1.54, 1.807) is 18.8 Å². The molecule has 15 heavy (non-hydrogen) atoms. The van der Waals surface area contributed by atoms with Crippen LogP contribution in [0, 0.1) is 0 Å². The third-order valence-corrected chi connectivity index (χ3v) is 3.95. The fourth-order valence-electron chi connectivity index (χ4n) is 1.98. The molecule has 0 amide bonds. The van der Waals surface area contributed by atoms with Crippen molar-refractivity contribution < 1.29 is 9.90 Å². The van der Waals surface area contributed by atoms with Crippen molar-refractivity contribution in [3.8, 4) is 0 Å². The maximum absolute atomic E-state index is 11.4. The van der Waals surface area contributed by atoms with E-state index in [9.17, 15) is 9.90 Å². The standard InChI is InChI=1S/C11H13NO2S/c1-12-11(10(13)14)6-7-15-9-5-3-2-4-8(9)11/h2-5,12H,6-7H2,1H3,(H,13,14). The van der Waals surface area contributed by atoms with Crippen LogP contribution in [0.2, 0.25) is 0 Å². The van der Waals surface area contributed by atoms with Crippen LogP contribution < -0.4 is 5.32 Å². The minimum Gasteiger partial charge on any atom is -0.480 e. The molecule has 0 radical (unpaired) electrons. The number of aliphatic carboxylic acids is 1. The number of likely N-dealkylation sites (N-methyl/N-ethyl adjacent to an activating group) is 1. The van der Waals surface area contributed by atoms with E-state index in [1.807, 2.05) is 24.3 Å². The summed E-state index contributed by atoms with van der Waals surface area (Å²) in [6, 6.07) is 7.71. The Balaban J connectivity index is 2.57. The summed E-state index contributed by atoms with van der Waals surface area (Å²) in [6.07, 6.45) is 0.626. The highest BCUT2D eigenvalue weighted by Crippen LogP contribution is 2.40. The molecule has 1 aliphatic rings. The molecule has 1 unspecified atom stereocenters. The second-order valence-electron chi connectivity index (χ2n) is 3.56. The number of benzene rings is 1. The SMILES string of the molecule is CNC1(C(=O)O)CCSc2ccccc21. The maximum atomic E-state index is 11.4. The van der Waals surface area contributed by atoms with Crippen molar-refractivity contribution in [1.29, 1.82) is 0 Å². The Bertz CT molecular complexity index is 394. The average molecular weight is 223 g/mol. The molecule has 0 aromatic heterocycles. The van der Waals surface area contributed by atoms with Crippen LogP contribution in [0.15, 0.2) is 29.2 Å². The Morgan fingerprint density at radius 3 is 2.93 bits per heavy atom. The van der Waals surface area contributed by atoms with Gasteiger partial charge in [0.25, 0.3) is 0 Å². The summed E-state index contributed by atoms with van der Waals surface area (Å²) < 4.78 is 0. The van der Waals surface area contributed by atoms with Crippen molar-refractivity contribution in [2.24, 2.45) is 0 Å². The normalized spacial score (nSPS) is 24.6. The molecule has 0 spiro atoms. The van der Waals surface area contributed by atoms with Crippen LogP contribution in [0.25, 0.3) is 0 Å². The summed E-state index contributed by atoms with van der Waals surface area (Å²) in [5.41, 5.74) is -0.0155. The molecule has 1 aromatic carbocycles. The first kappa shape index (κ1) is 10.5. The van der Waals surface area contributed by atoms with Gasteiger partial charge in [-0.25, -0.2) is 4.79 Å². The Morgan fingerprint density at radius 1 is 1.53 bits per heavy atom. The highest BCUT2D eigenvalue weighted by atomic mass is 32.2. The molecule has 0 saturated heterocycles. The Kier molecular flexibility index (Phi) is 2.71. The van der Waals surface area contributed by atoms with Crippen LogP contribution in [-0.2, 0) is 10.3 Å². The van der Waals surface area contributed by atoms with Gasteiger partial charge in [0, 0.05) is 10.6 Å². The van der Waals surface area contributed by atoms with Gasteiger partial charge in [-0.15, -0.1) is 11.8 Å². The first-order chi connectivity index (χ1) is 7.20. The lowest BCUT2D eigenvalue weighted by Crippen LogP contribution is -2.49. The summed E-state index contributed by atoms with van der Waals surface area (Å²) in [7, 11) is 1.71. The smallest absolute Gasteiger partial charge is 0.328 e. The predicted molar refractivity (Wildman–Crippen MR) is 60.2 cm³/mol. The van der Waals surface area contributed by atoms with Gasteiger partial charge < -0.3 is 10.4 Å². The lowest BCUT2D eigenvalue weighted by atomic mass is 9.87. The van der Waals surface area contributed by atoms with E-state index < -0.39 is 11.5 Å². The zero-order valence-corrected chi connectivity index (χ0v) is 9.30. The number of carbonyl (C=O) groups is 1.